The molecule has 3 nitrogen and oxygen atoms in total. The van der Waals surface area contributed by atoms with Gasteiger partial charge in [-0.15, -0.1) is 0 Å². The molecule has 2 atom stereocenters. The molecule has 0 heterocycles. The molecule has 4 heteroatoms. The van der Waals surface area contributed by atoms with E-state index in [1.807, 2.05) is 0 Å². The first kappa shape index (κ1) is 13.1. The van der Waals surface area contributed by atoms with Gasteiger partial charge < -0.3 is 16.2 Å². The largest absolute Gasteiger partial charge is 0.397 e. The molecule has 0 aliphatic heterocycles. The molecule has 1 aromatic rings. The number of rotatable bonds is 4. The quantitative estimate of drug-likeness (QED) is 0.722. The number of nitrogens with one attached hydrogen (secondary N) is 1. The van der Waals surface area contributed by atoms with Crippen LogP contribution in [0.25, 0.3) is 0 Å². The van der Waals surface area contributed by atoms with E-state index in [-0.39, 0.29) is 12.4 Å². The number of benzene rings is 1. The normalized spacial score (nSPS) is 23.9. The first-order chi connectivity index (χ1) is 8.70. The molecule has 1 aliphatic rings. The van der Waals surface area contributed by atoms with Crippen LogP contribution in [0, 0.1) is 17.7 Å². The van der Waals surface area contributed by atoms with Gasteiger partial charge in [-0.1, -0.05) is 12.8 Å². The van der Waals surface area contributed by atoms with Crippen molar-refractivity contribution < 1.29 is 9.50 Å². The number of hydrogen-bond acceptors (Lipinski definition) is 3. The van der Waals surface area contributed by atoms with Crippen molar-refractivity contribution in [2.75, 3.05) is 24.2 Å². The second-order valence-corrected chi connectivity index (χ2v) is 5.10. The molecule has 18 heavy (non-hydrogen) atoms. The van der Waals surface area contributed by atoms with Crippen LogP contribution in [-0.2, 0) is 0 Å². The molecular weight excluding hydrogens is 231 g/mol. The molecular formula is C14H21FN2O. The molecule has 1 saturated carbocycles. The summed E-state index contributed by atoms with van der Waals surface area (Å²) >= 11 is 0. The zero-order valence-electron chi connectivity index (χ0n) is 10.5. The van der Waals surface area contributed by atoms with E-state index in [1.165, 1.54) is 25.0 Å². The number of aliphatic hydroxyl groups is 1. The van der Waals surface area contributed by atoms with Gasteiger partial charge in [0, 0.05) is 13.2 Å². The minimum absolute atomic E-state index is 0.241. The molecule has 0 bridgehead atoms. The summed E-state index contributed by atoms with van der Waals surface area (Å²) in [6, 6.07) is 4.35. The number of nitrogens with two attached hydrogens (primary N) is 1. The SMILES string of the molecule is Nc1ccc(F)cc1NCC1CCCCC1CO. The van der Waals surface area contributed by atoms with E-state index in [0.29, 0.717) is 23.2 Å². The maximum absolute atomic E-state index is 13.1. The Morgan fingerprint density at radius 2 is 2.00 bits per heavy atom. The predicted octanol–water partition coefficient (Wildman–Crippen LogP) is 2.62. The van der Waals surface area contributed by atoms with E-state index >= 15 is 0 Å². The van der Waals surface area contributed by atoms with Crippen LogP contribution < -0.4 is 11.1 Å². The zero-order chi connectivity index (χ0) is 13.0. The van der Waals surface area contributed by atoms with Crippen molar-refractivity contribution in [2.45, 2.75) is 25.7 Å². The number of hydrogen-bond donors (Lipinski definition) is 3. The van der Waals surface area contributed by atoms with Crippen LogP contribution in [0.15, 0.2) is 18.2 Å². The smallest absolute Gasteiger partial charge is 0.125 e. The Labute approximate surface area is 107 Å². The van der Waals surface area contributed by atoms with Gasteiger partial charge in [0.15, 0.2) is 0 Å². The molecule has 100 valence electrons. The highest BCUT2D eigenvalue weighted by Crippen LogP contribution is 2.30. The van der Waals surface area contributed by atoms with Crippen LogP contribution in [0.2, 0.25) is 0 Å². The van der Waals surface area contributed by atoms with Gasteiger partial charge in [-0.3, -0.25) is 0 Å². The fraction of sp³-hybridized carbons (Fsp3) is 0.571. The van der Waals surface area contributed by atoms with Gasteiger partial charge in [-0.2, -0.15) is 0 Å². The van der Waals surface area contributed by atoms with Crippen molar-refractivity contribution in [3.63, 3.8) is 0 Å². The van der Waals surface area contributed by atoms with E-state index < -0.39 is 0 Å². The molecule has 0 aromatic heterocycles. The third-order valence-corrected chi connectivity index (χ3v) is 3.87. The second-order valence-electron chi connectivity index (χ2n) is 5.10. The Morgan fingerprint density at radius 1 is 1.28 bits per heavy atom. The molecule has 1 aromatic carbocycles. The lowest BCUT2D eigenvalue weighted by Crippen LogP contribution is -2.28. The van der Waals surface area contributed by atoms with Crippen molar-refractivity contribution in [1.29, 1.82) is 0 Å². The van der Waals surface area contributed by atoms with Crippen LogP contribution in [0.1, 0.15) is 25.7 Å². The average molecular weight is 252 g/mol. The Balaban J connectivity index is 1.95. The van der Waals surface area contributed by atoms with Gasteiger partial charge in [0.05, 0.1) is 11.4 Å². The van der Waals surface area contributed by atoms with Gasteiger partial charge >= 0.3 is 0 Å². The monoisotopic (exact) mass is 252 g/mol. The molecule has 1 fully saturated rings. The van der Waals surface area contributed by atoms with Crippen molar-refractivity contribution in [3.8, 4) is 0 Å². The summed E-state index contributed by atoms with van der Waals surface area (Å²) in [5, 5.41) is 12.6. The molecule has 0 radical (unpaired) electrons. The summed E-state index contributed by atoms with van der Waals surface area (Å²) in [6.45, 7) is 0.990. The first-order valence-corrected chi connectivity index (χ1v) is 6.60. The Kier molecular flexibility index (Phi) is 4.42. The van der Waals surface area contributed by atoms with Crippen molar-refractivity contribution in [2.24, 2.45) is 11.8 Å². The summed E-state index contributed by atoms with van der Waals surface area (Å²) in [7, 11) is 0. The topological polar surface area (TPSA) is 58.3 Å². The van der Waals surface area contributed by atoms with Gasteiger partial charge in [-0.25, -0.2) is 4.39 Å². The van der Waals surface area contributed by atoms with E-state index in [2.05, 4.69) is 5.32 Å². The minimum Gasteiger partial charge on any atom is -0.397 e. The third kappa shape index (κ3) is 3.13. The van der Waals surface area contributed by atoms with Crippen LogP contribution >= 0.6 is 0 Å². The average Bonchev–Trinajstić information content (AvgIpc) is 2.40. The van der Waals surface area contributed by atoms with E-state index in [0.717, 1.165) is 19.4 Å². The van der Waals surface area contributed by atoms with Crippen molar-refractivity contribution in [1.82, 2.24) is 0 Å². The zero-order valence-corrected chi connectivity index (χ0v) is 10.5. The summed E-state index contributed by atoms with van der Waals surface area (Å²) in [4.78, 5) is 0. The Morgan fingerprint density at radius 3 is 2.72 bits per heavy atom. The fourth-order valence-electron chi connectivity index (χ4n) is 2.72. The van der Waals surface area contributed by atoms with Crippen LogP contribution in [0.3, 0.4) is 0 Å². The van der Waals surface area contributed by atoms with Gasteiger partial charge in [-0.05, 0) is 42.9 Å². The maximum atomic E-state index is 13.1. The summed E-state index contributed by atoms with van der Waals surface area (Å²) < 4.78 is 13.1. The Bertz CT molecular complexity index is 397. The highest BCUT2D eigenvalue weighted by Gasteiger charge is 2.24. The molecule has 0 saturated heterocycles. The lowest BCUT2D eigenvalue weighted by atomic mass is 9.79. The lowest BCUT2D eigenvalue weighted by molar-refractivity contribution is 0.141. The van der Waals surface area contributed by atoms with Crippen molar-refractivity contribution >= 4 is 11.4 Å². The number of aliphatic hydroxyl groups excluding tert-OH is 1. The molecule has 2 rings (SSSR count). The lowest BCUT2D eigenvalue weighted by Gasteiger charge is -2.30. The number of halogens is 1. The summed E-state index contributed by atoms with van der Waals surface area (Å²) in [6.07, 6.45) is 4.61. The van der Waals surface area contributed by atoms with E-state index in [9.17, 15) is 9.50 Å². The molecule has 4 N–H and O–H groups in total. The van der Waals surface area contributed by atoms with Crippen LogP contribution in [0.4, 0.5) is 15.8 Å². The number of anilines is 2. The summed E-state index contributed by atoms with van der Waals surface area (Å²) in [5.41, 5.74) is 7.01. The fourth-order valence-corrected chi connectivity index (χ4v) is 2.72. The predicted molar refractivity (Wildman–Crippen MR) is 71.8 cm³/mol. The second kappa shape index (κ2) is 6.05. The van der Waals surface area contributed by atoms with E-state index in [4.69, 9.17) is 5.73 Å². The summed E-state index contributed by atoms with van der Waals surface area (Å²) in [5.74, 6) is 0.529. The van der Waals surface area contributed by atoms with Crippen LogP contribution in [-0.4, -0.2) is 18.3 Å². The van der Waals surface area contributed by atoms with Gasteiger partial charge in [0.1, 0.15) is 5.82 Å². The van der Waals surface area contributed by atoms with E-state index in [1.54, 1.807) is 6.07 Å². The van der Waals surface area contributed by atoms with Crippen molar-refractivity contribution in [3.05, 3.63) is 24.0 Å². The maximum Gasteiger partial charge on any atom is 0.125 e. The molecule has 2 unspecified atom stereocenters. The molecule has 0 spiro atoms. The number of nitrogen functional groups attached to an aromatic ring is 1. The first-order valence-electron chi connectivity index (χ1n) is 6.60. The van der Waals surface area contributed by atoms with Gasteiger partial charge in [0.25, 0.3) is 0 Å². The highest BCUT2D eigenvalue weighted by atomic mass is 19.1. The minimum atomic E-state index is -0.283. The van der Waals surface area contributed by atoms with Gasteiger partial charge in [0.2, 0.25) is 0 Å². The Hall–Kier alpha value is -1.29. The molecule has 0 amide bonds. The highest BCUT2D eigenvalue weighted by molar-refractivity contribution is 5.65. The molecule has 1 aliphatic carbocycles. The standard InChI is InChI=1S/C14H21FN2O/c15-12-5-6-13(16)14(7-12)17-8-10-3-1-2-4-11(10)9-18/h5-7,10-11,17-18H,1-4,8-9,16H2. The third-order valence-electron chi connectivity index (χ3n) is 3.87. The van der Waals surface area contributed by atoms with Crippen LogP contribution in [0.5, 0.6) is 0 Å².